The van der Waals surface area contributed by atoms with Crippen molar-refractivity contribution in [3.05, 3.63) is 94.7 Å². The van der Waals surface area contributed by atoms with E-state index >= 15 is 4.39 Å². The summed E-state index contributed by atoms with van der Waals surface area (Å²) in [5.74, 6) is -4.65. The van der Waals surface area contributed by atoms with E-state index in [1.54, 1.807) is 0 Å². The Morgan fingerprint density at radius 1 is 0.974 bits per heavy atom. The molecule has 38 heavy (non-hydrogen) atoms. The molecule has 2 aliphatic heterocycles. The van der Waals surface area contributed by atoms with Crippen LogP contribution in [0, 0.1) is 23.3 Å². The van der Waals surface area contributed by atoms with Crippen molar-refractivity contribution in [2.24, 2.45) is 0 Å². The van der Waals surface area contributed by atoms with Gasteiger partial charge in [-0.3, -0.25) is 9.78 Å². The number of halogens is 4. The highest BCUT2D eigenvalue weighted by molar-refractivity contribution is 6.04. The second-order valence-corrected chi connectivity index (χ2v) is 9.41. The first kappa shape index (κ1) is 24.4. The summed E-state index contributed by atoms with van der Waals surface area (Å²) in [5.41, 5.74) is 0.763. The summed E-state index contributed by atoms with van der Waals surface area (Å²) in [6, 6.07) is 10.9. The van der Waals surface area contributed by atoms with Crippen molar-refractivity contribution in [1.82, 2.24) is 10.3 Å². The van der Waals surface area contributed by atoms with Crippen molar-refractivity contribution >= 4 is 16.8 Å². The molecule has 0 aliphatic carbocycles. The van der Waals surface area contributed by atoms with Gasteiger partial charge in [-0.05, 0) is 36.2 Å². The van der Waals surface area contributed by atoms with E-state index in [2.05, 4.69) is 10.3 Å². The number of carbonyl (C=O) groups is 1. The maximum absolute atomic E-state index is 15.1. The van der Waals surface area contributed by atoms with Crippen LogP contribution in [0.25, 0.3) is 22.0 Å². The van der Waals surface area contributed by atoms with Crippen LogP contribution in [0.5, 0.6) is 5.75 Å². The van der Waals surface area contributed by atoms with E-state index in [-0.39, 0.29) is 34.5 Å². The Kier molecular flexibility index (Phi) is 6.23. The largest absolute Gasteiger partial charge is 0.493 e. The van der Waals surface area contributed by atoms with Crippen LogP contribution in [0.4, 0.5) is 17.6 Å². The van der Waals surface area contributed by atoms with E-state index in [0.29, 0.717) is 55.4 Å². The molecule has 3 aromatic carbocycles. The summed E-state index contributed by atoms with van der Waals surface area (Å²) in [7, 11) is 0. The van der Waals surface area contributed by atoms with Crippen LogP contribution in [0.15, 0.2) is 54.7 Å². The zero-order chi connectivity index (χ0) is 26.4. The lowest BCUT2D eigenvalue weighted by atomic mass is 9.88. The first-order valence-corrected chi connectivity index (χ1v) is 12.3. The first-order valence-electron chi connectivity index (χ1n) is 12.3. The monoisotopic (exact) mass is 522 g/mol. The fraction of sp³-hybridized carbons (Fsp3) is 0.241. The molecule has 0 spiro atoms. The van der Waals surface area contributed by atoms with E-state index in [4.69, 9.17) is 9.47 Å². The average molecular weight is 522 g/mol. The number of nitrogens with zero attached hydrogens (tertiary/aromatic N) is 1. The predicted octanol–water partition coefficient (Wildman–Crippen LogP) is 6.22. The minimum absolute atomic E-state index is 0.00348. The van der Waals surface area contributed by atoms with Gasteiger partial charge in [-0.25, -0.2) is 17.6 Å². The minimum Gasteiger partial charge on any atom is -0.493 e. The standard InChI is InChI=1S/C29H22F4N2O3/c30-16-11-19(27(33)22(32)12-16)26-21(31)6-5-18-25(15-7-9-37-14-15)20(13-34-28(18)26)29(36)35-23-8-10-38-24-4-2-1-3-17(23)24/h1-6,11-13,15,23H,7-10,14H2,(H,35,36)/t15-,23+/m1/s1. The fourth-order valence-electron chi connectivity index (χ4n) is 5.37. The molecule has 1 fully saturated rings. The van der Waals surface area contributed by atoms with E-state index in [0.717, 1.165) is 17.7 Å². The number of hydrogen-bond acceptors (Lipinski definition) is 4. The topological polar surface area (TPSA) is 60.5 Å². The van der Waals surface area contributed by atoms with Crippen molar-refractivity contribution in [3.8, 4) is 16.9 Å². The van der Waals surface area contributed by atoms with Gasteiger partial charge in [0.1, 0.15) is 17.4 Å². The van der Waals surface area contributed by atoms with Crippen molar-refractivity contribution in [3.63, 3.8) is 0 Å². The number of nitrogens with one attached hydrogen (secondary N) is 1. The SMILES string of the molecule is O=C(N[C@H]1CCOc2ccccc21)c1cnc2c(-c3cc(F)cc(F)c3F)c(F)ccc2c1[C@@H]1CCOC1. The van der Waals surface area contributed by atoms with Gasteiger partial charge in [0.15, 0.2) is 11.6 Å². The number of aromatic nitrogens is 1. The summed E-state index contributed by atoms with van der Waals surface area (Å²) >= 11 is 0. The third-order valence-corrected chi connectivity index (χ3v) is 7.14. The quantitative estimate of drug-likeness (QED) is 0.256. The Hall–Kier alpha value is -3.98. The lowest BCUT2D eigenvalue weighted by Gasteiger charge is -2.27. The number of carbonyl (C=O) groups excluding carboxylic acids is 1. The number of amides is 1. The molecule has 6 rings (SSSR count). The summed E-state index contributed by atoms with van der Waals surface area (Å²) in [5, 5.41) is 3.46. The Balaban J connectivity index is 1.49. The van der Waals surface area contributed by atoms with Crippen molar-refractivity contribution < 1.29 is 31.8 Å². The average Bonchev–Trinajstić information content (AvgIpc) is 3.45. The second-order valence-electron chi connectivity index (χ2n) is 9.41. The smallest absolute Gasteiger partial charge is 0.253 e. The molecule has 4 aromatic rings. The molecule has 9 heteroatoms. The van der Waals surface area contributed by atoms with Crippen LogP contribution in [0.3, 0.4) is 0 Å². The third kappa shape index (κ3) is 4.16. The number of rotatable bonds is 4. The molecule has 5 nitrogen and oxygen atoms in total. The third-order valence-electron chi connectivity index (χ3n) is 7.14. The van der Waals surface area contributed by atoms with Gasteiger partial charge in [0.05, 0.1) is 30.3 Å². The second kappa shape index (κ2) is 9.72. The highest BCUT2D eigenvalue weighted by atomic mass is 19.2. The van der Waals surface area contributed by atoms with Crippen LogP contribution >= 0.6 is 0 Å². The van der Waals surface area contributed by atoms with Crippen LogP contribution in [-0.4, -0.2) is 30.7 Å². The summed E-state index contributed by atoms with van der Waals surface area (Å²) in [6.45, 7) is 1.25. The van der Waals surface area contributed by atoms with E-state index in [1.165, 1.54) is 12.3 Å². The van der Waals surface area contributed by atoms with Gasteiger partial charge >= 0.3 is 0 Å². The number of fused-ring (bicyclic) bond motifs is 2. The van der Waals surface area contributed by atoms with Crippen LogP contribution in [0.1, 0.15) is 46.3 Å². The van der Waals surface area contributed by atoms with Crippen LogP contribution in [-0.2, 0) is 4.74 Å². The zero-order valence-corrected chi connectivity index (χ0v) is 20.1. The number of hydrogen-bond donors (Lipinski definition) is 1. The van der Waals surface area contributed by atoms with Gasteiger partial charge in [-0.15, -0.1) is 0 Å². The molecule has 2 aliphatic rings. The van der Waals surface area contributed by atoms with Crippen molar-refractivity contribution in [2.45, 2.75) is 24.8 Å². The molecule has 3 heterocycles. The van der Waals surface area contributed by atoms with Gasteiger partial charge < -0.3 is 14.8 Å². The Labute approximate surface area is 215 Å². The molecular formula is C29H22F4N2O3. The Morgan fingerprint density at radius 3 is 2.63 bits per heavy atom. The molecule has 2 atom stereocenters. The number of benzene rings is 3. The zero-order valence-electron chi connectivity index (χ0n) is 20.1. The van der Waals surface area contributed by atoms with E-state index < -0.39 is 28.8 Å². The van der Waals surface area contributed by atoms with Gasteiger partial charge in [-0.1, -0.05) is 18.2 Å². The van der Waals surface area contributed by atoms with E-state index in [9.17, 15) is 18.0 Å². The molecule has 0 radical (unpaired) electrons. The Morgan fingerprint density at radius 2 is 1.82 bits per heavy atom. The van der Waals surface area contributed by atoms with Crippen molar-refractivity contribution in [2.75, 3.05) is 19.8 Å². The summed E-state index contributed by atoms with van der Waals surface area (Å²) in [4.78, 5) is 18.0. The maximum Gasteiger partial charge on any atom is 0.253 e. The molecule has 1 saturated heterocycles. The first-order chi connectivity index (χ1) is 18.4. The molecular weight excluding hydrogens is 500 g/mol. The molecule has 1 amide bonds. The van der Waals surface area contributed by atoms with Gasteiger partial charge in [-0.2, -0.15) is 0 Å². The fourth-order valence-corrected chi connectivity index (χ4v) is 5.37. The Bertz CT molecular complexity index is 1570. The summed E-state index contributed by atoms with van der Waals surface area (Å²) < 4.78 is 69.2. The molecule has 194 valence electrons. The van der Waals surface area contributed by atoms with Crippen molar-refractivity contribution in [1.29, 1.82) is 0 Å². The maximum atomic E-state index is 15.1. The van der Waals surface area contributed by atoms with E-state index in [1.807, 2.05) is 24.3 Å². The predicted molar refractivity (Wildman–Crippen MR) is 132 cm³/mol. The molecule has 1 aromatic heterocycles. The molecule has 0 bridgehead atoms. The minimum atomic E-state index is -1.44. The molecule has 1 N–H and O–H groups in total. The summed E-state index contributed by atoms with van der Waals surface area (Å²) in [6.07, 6.45) is 2.49. The van der Waals surface area contributed by atoms with Gasteiger partial charge in [0.25, 0.3) is 5.91 Å². The molecule has 0 unspecified atom stereocenters. The van der Waals surface area contributed by atoms with Gasteiger partial charge in [0, 0.05) is 53.3 Å². The van der Waals surface area contributed by atoms with Crippen LogP contribution < -0.4 is 10.1 Å². The number of pyridine rings is 1. The highest BCUT2D eigenvalue weighted by Gasteiger charge is 2.30. The number of para-hydroxylation sites is 1. The highest BCUT2D eigenvalue weighted by Crippen LogP contribution is 2.40. The number of ether oxygens (including phenoxy) is 2. The normalized spacial score (nSPS) is 18.7. The molecule has 0 saturated carbocycles. The van der Waals surface area contributed by atoms with Gasteiger partial charge in [0.2, 0.25) is 0 Å². The lowest BCUT2D eigenvalue weighted by Crippen LogP contribution is -2.33. The lowest BCUT2D eigenvalue weighted by molar-refractivity contribution is 0.0923. The van der Waals surface area contributed by atoms with Crippen LogP contribution in [0.2, 0.25) is 0 Å².